The van der Waals surface area contributed by atoms with Crippen LogP contribution in [0.2, 0.25) is 0 Å². The Balaban J connectivity index is 1.41. The van der Waals surface area contributed by atoms with Gasteiger partial charge in [0.05, 0.1) is 0 Å². The predicted octanol–water partition coefficient (Wildman–Crippen LogP) is 6.93. The van der Waals surface area contributed by atoms with Gasteiger partial charge in [-0.05, 0) is 79.9 Å². The van der Waals surface area contributed by atoms with Crippen LogP contribution in [0, 0.1) is 20.8 Å². The summed E-state index contributed by atoms with van der Waals surface area (Å²) in [6.45, 7) is 6.06. The van der Waals surface area contributed by atoms with Gasteiger partial charge in [-0.3, -0.25) is 4.79 Å². The summed E-state index contributed by atoms with van der Waals surface area (Å²) in [7, 11) is 0. The van der Waals surface area contributed by atoms with Gasteiger partial charge < -0.3 is 14.2 Å². The Morgan fingerprint density at radius 2 is 1.69 bits per heavy atom. The number of furan rings is 1. The fourth-order valence-corrected chi connectivity index (χ4v) is 3.68. The second kappa shape index (κ2) is 7.85. The quantitative estimate of drug-likeness (QED) is 0.341. The summed E-state index contributed by atoms with van der Waals surface area (Å²) in [5.74, 6) is 1.13. The van der Waals surface area contributed by atoms with Crippen molar-refractivity contribution in [2.24, 2.45) is 0 Å². The molecule has 0 aliphatic rings. The van der Waals surface area contributed by atoms with Crippen molar-refractivity contribution in [3.05, 3.63) is 95.2 Å². The van der Waals surface area contributed by atoms with E-state index in [4.69, 9.17) is 8.83 Å². The summed E-state index contributed by atoms with van der Waals surface area (Å²) in [6.07, 6.45) is 0. The summed E-state index contributed by atoms with van der Waals surface area (Å²) in [5.41, 5.74) is 7.24. The van der Waals surface area contributed by atoms with Crippen molar-refractivity contribution in [2.75, 3.05) is 5.32 Å². The van der Waals surface area contributed by atoms with Crippen LogP contribution in [0.5, 0.6) is 0 Å². The monoisotopic (exact) mass is 422 g/mol. The largest absolute Gasteiger partial charge is 0.451 e. The van der Waals surface area contributed by atoms with Gasteiger partial charge in [0.25, 0.3) is 5.91 Å². The van der Waals surface area contributed by atoms with Gasteiger partial charge in [0.15, 0.2) is 11.3 Å². The zero-order valence-electron chi connectivity index (χ0n) is 18.1. The molecule has 5 heteroatoms. The first kappa shape index (κ1) is 19.8. The van der Waals surface area contributed by atoms with Gasteiger partial charge in [-0.1, -0.05) is 30.3 Å². The molecule has 32 heavy (non-hydrogen) atoms. The molecule has 3 aromatic carbocycles. The van der Waals surface area contributed by atoms with E-state index in [1.54, 1.807) is 6.07 Å². The van der Waals surface area contributed by atoms with Gasteiger partial charge in [0, 0.05) is 16.8 Å². The van der Waals surface area contributed by atoms with Gasteiger partial charge in [0.1, 0.15) is 11.3 Å². The number of aryl methyl sites for hydroxylation is 2. The van der Waals surface area contributed by atoms with Crippen molar-refractivity contribution in [1.82, 2.24) is 4.98 Å². The molecule has 2 heterocycles. The van der Waals surface area contributed by atoms with E-state index < -0.39 is 0 Å². The highest BCUT2D eigenvalue weighted by molar-refractivity contribution is 6.03. The highest BCUT2D eigenvalue weighted by Crippen LogP contribution is 2.31. The van der Waals surface area contributed by atoms with E-state index in [0.717, 1.165) is 27.8 Å². The van der Waals surface area contributed by atoms with E-state index in [0.29, 0.717) is 17.3 Å². The molecule has 0 aliphatic carbocycles. The third-order valence-corrected chi connectivity index (χ3v) is 5.73. The fraction of sp³-hybridized carbons (Fsp3) is 0.111. The molecule has 0 saturated heterocycles. The molecule has 0 unspecified atom stereocenters. The summed E-state index contributed by atoms with van der Waals surface area (Å²) < 4.78 is 11.8. The van der Waals surface area contributed by atoms with Crippen molar-refractivity contribution >= 4 is 22.7 Å². The lowest BCUT2D eigenvalue weighted by Gasteiger charge is -2.10. The number of amides is 1. The first-order chi connectivity index (χ1) is 15.5. The highest BCUT2D eigenvalue weighted by Gasteiger charge is 2.17. The number of hydrogen-bond acceptors (Lipinski definition) is 4. The lowest BCUT2D eigenvalue weighted by Crippen LogP contribution is -2.12. The van der Waals surface area contributed by atoms with Crippen LogP contribution in [0.25, 0.3) is 33.9 Å². The number of rotatable bonds is 4. The van der Waals surface area contributed by atoms with Crippen molar-refractivity contribution in [3.8, 4) is 22.8 Å². The summed E-state index contributed by atoms with van der Waals surface area (Å²) in [6, 6.07) is 22.9. The number of nitrogens with zero attached hydrogens (tertiary/aromatic N) is 1. The van der Waals surface area contributed by atoms with Crippen LogP contribution in [-0.4, -0.2) is 10.9 Å². The lowest BCUT2D eigenvalue weighted by molar-refractivity contribution is 0.0997. The Kier molecular flexibility index (Phi) is 4.86. The Morgan fingerprint density at radius 3 is 2.50 bits per heavy atom. The van der Waals surface area contributed by atoms with Crippen LogP contribution in [0.15, 0.2) is 81.6 Å². The minimum atomic E-state index is -0.308. The lowest BCUT2D eigenvalue weighted by atomic mass is 10.1. The van der Waals surface area contributed by atoms with Gasteiger partial charge in [-0.2, -0.15) is 0 Å². The van der Waals surface area contributed by atoms with E-state index in [9.17, 15) is 4.79 Å². The molecule has 0 bridgehead atoms. The molecule has 0 fully saturated rings. The molecule has 1 amide bonds. The SMILES string of the molecule is Cc1ccc(-c2ccc(C(=O)Nc3cccc(-c4nc5ccccc5o4)c3C)o2)cc1C. The standard InChI is InChI=1S/C27H22N2O3/c1-16-11-12-19(15-17(16)2)23-13-14-25(31-23)26(30)28-21-9-6-7-20(18(21)3)27-29-22-8-4-5-10-24(22)32-27/h4-15H,1-3H3,(H,28,30). The minimum absolute atomic E-state index is 0.255. The third kappa shape index (κ3) is 3.58. The zero-order valence-corrected chi connectivity index (χ0v) is 18.1. The number of anilines is 1. The maximum Gasteiger partial charge on any atom is 0.291 e. The number of nitrogens with one attached hydrogen (secondary N) is 1. The van der Waals surface area contributed by atoms with Gasteiger partial charge >= 0.3 is 0 Å². The van der Waals surface area contributed by atoms with Crippen molar-refractivity contribution in [3.63, 3.8) is 0 Å². The average Bonchev–Trinajstić information content (AvgIpc) is 3.44. The molecular weight excluding hydrogens is 400 g/mol. The summed E-state index contributed by atoms with van der Waals surface area (Å²) in [5, 5.41) is 2.95. The number of para-hydroxylation sites is 2. The fourth-order valence-electron chi connectivity index (χ4n) is 3.68. The molecule has 2 aromatic heterocycles. The zero-order chi connectivity index (χ0) is 22.2. The highest BCUT2D eigenvalue weighted by atomic mass is 16.4. The molecule has 0 spiro atoms. The molecule has 158 valence electrons. The molecular formula is C27H22N2O3. The summed E-state index contributed by atoms with van der Waals surface area (Å²) in [4.78, 5) is 17.5. The van der Waals surface area contributed by atoms with Crippen molar-refractivity contribution < 1.29 is 13.6 Å². The molecule has 5 nitrogen and oxygen atoms in total. The van der Waals surface area contributed by atoms with Crippen LogP contribution < -0.4 is 5.32 Å². The first-order valence-corrected chi connectivity index (χ1v) is 10.4. The number of carbonyl (C=O) groups excluding carboxylic acids is 1. The van der Waals surface area contributed by atoms with E-state index in [1.807, 2.05) is 67.6 Å². The first-order valence-electron chi connectivity index (χ1n) is 10.4. The molecule has 0 radical (unpaired) electrons. The number of carbonyl (C=O) groups is 1. The number of benzene rings is 3. The van der Waals surface area contributed by atoms with Crippen LogP contribution in [-0.2, 0) is 0 Å². The van der Waals surface area contributed by atoms with E-state index >= 15 is 0 Å². The number of fused-ring (bicyclic) bond motifs is 1. The number of aromatic nitrogens is 1. The molecule has 0 atom stereocenters. The average molecular weight is 422 g/mol. The maximum atomic E-state index is 12.9. The Hall–Kier alpha value is -4.12. The van der Waals surface area contributed by atoms with Crippen LogP contribution >= 0.6 is 0 Å². The Labute approximate surface area is 185 Å². The van der Waals surface area contributed by atoms with Gasteiger partial charge in [-0.15, -0.1) is 0 Å². The predicted molar refractivity (Wildman–Crippen MR) is 126 cm³/mol. The van der Waals surface area contributed by atoms with Crippen LogP contribution in [0.4, 0.5) is 5.69 Å². The van der Waals surface area contributed by atoms with Gasteiger partial charge in [0.2, 0.25) is 5.89 Å². The van der Waals surface area contributed by atoms with Crippen molar-refractivity contribution in [2.45, 2.75) is 20.8 Å². The van der Waals surface area contributed by atoms with E-state index in [-0.39, 0.29) is 11.7 Å². The molecule has 0 aliphatic heterocycles. The second-order valence-electron chi connectivity index (χ2n) is 7.88. The Morgan fingerprint density at radius 1 is 0.844 bits per heavy atom. The second-order valence-corrected chi connectivity index (χ2v) is 7.88. The molecule has 5 rings (SSSR count). The van der Waals surface area contributed by atoms with E-state index in [2.05, 4.69) is 30.2 Å². The maximum absolute atomic E-state index is 12.9. The van der Waals surface area contributed by atoms with Crippen LogP contribution in [0.1, 0.15) is 27.2 Å². The number of oxazole rings is 1. The van der Waals surface area contributed by atoms with Gasteiger partial charge in [-0.25, -0.2) is 4.98 Å². The summed E-state index contributed by atoms with van der Waals surface area (Å²) >= 11 is 0. The molecule has 0 saturated carbocycles. The number of hydrogen-bond donors (Lipinski definition) is 1. The third-order valence-electron chi connectivity index (χ3n) is 5.73. The minimum Gasteiger partial charge on any atom is -0.451 e. The molecule has 1 N–H and O–H groups in total. The van der Waals surface area contributed by atoms with E-state index in [1.165, 1.54) is 11.1 Å². The van der Waals surface area contributed by atoms with Crippen molar-refractivity contribution in [1.29, 1.82) is 0 Å². The molecule has 5 aromatic rings. The van der Waals surface area contributed by atoms with Crippen LogP contribution in [0.3, 0.4) is 0 Å². The smallest absolute Gasteiger partial charge is 0.291 e. The normalized spacial score (nSPS) is 11.1. The Bertz CT molecular complexity index is 1430. The topological polar surface area (TPSA) is 68.3 Å².